The van der Waals surface area contributed by atoms with Crippen molar-refractivity contribution in [1.82, 2.24) is 74.3 Å². The Morgan fingerprint density at radius 1 is 0.374 bits per heavy atom. The first kappa shape index (κ1) is 97.7. The Labute approximate surface area is 818 Å². The summed E-state index contributed by atoms with van der Waals surface area (Å²) in [4.78, 5) is 56.4. The fraction of sp³-hybridized carbons (Fsp3) is 0.362. The molecule has 11 aromatic rings. The number of sulfone groups is 1. The zero-order chi connectivity index (χ0) is 96.4. The van der Waals surface area contributed by atoms with E-state index in [0.717, 1.165) is 237 Å². The molecule has 26 rings (SSSR count). The quantitative estimate of drug-likeness (QED) is 0.0418. The van der Waals surface area contributed by atoms with Gasteiger partial charge < -0.3 is 25.5 Å². The van der Waals surface area contributed by atoms with E-state index in [9.17, 15) is 34.0 Å². The number of aliphatic hydroxyl groups is 5. The molecule has 15 saturated heterocycles. The number of hydrogen-bond donors (Lipinski definition) is 5. The Morgan fingerprint density at radius 3 is 1.08 bits per heavy atom. The van der Waals surface area contributed by atoms with Gasteiger partial charge in [-0.3, -0.25) is 59.4 Å². The Kier molecular flexibility index (Phi) is 31.2. The molecular formula is C116H121N15O7S. The van der Waals surface area contributed by atoms with Crippen LogP contribution in [0.3, 0.4) is 0 Å². The Morgan fingerprint density at radius 2 is 0.719 bits per heavy atom. The van der Waals surface area contributed by atoms with Crippen LogP contribution in [-0.2, 0) is 47.7 Å². The Balaban J connectivity index is 0.000000121. The summed E-state index contributed by atoms with van der Waals surface area (Å²) in [6, 6.07) is 50.1. The van der Waals surface area contributed by atoms with Gasteiger partial charge in [-0.2, -0.15) is 0 Å². The van der Waals surface area contributed by atoms with Gasteiger partial charge in [0.1, 0.15) is 45.1 Å². The zero-order valence-corrected chi connectivity index (χ0v) is 80.1. The largest absolute Gasteiger partial charge is 0.376 e. The molecule has 0 aliphatic carbocycles. The van der Waals surface area contributed by atoms with Crippen LogP contribution in [0.25, 0.3) is 45.3 Å². The molecule has 0 radical (unpaired) electrons. The molecule has 3 aromatic carbocycles. The molecule has 8 aromatic heterocycles. The molecule has 708 valence electrons. The van der Waals surface area contributed by atoms with Crippen LogP contribution in [0, 0.1) is 88.8 Å². The Bertz CT molecular complexity index is 6320. The smallest absolute Gasteiger partial charge is 0.182 e. The van der Waals surface area contributed by atoms with Crippen molar-refractivity contribution in [3.8, 4) is 104 Å². The maximum absolute atomic E-state index is 12.9. The molecule has 15 aliphatic heterocycles. The number of rotatable bonds is 17. The SMILES string of the molecule is C=C(C)Cc1nc(-c2cnccn2)ccc1C#CC1(O)CN2CCC1CC2.C=CCc1nc(-c2ccccc2)ccc1C#CC1(O)CN2CCC1CC2.C=CCc1nc(-c2cccnc2)ccc1C#CC1(O)CN2CCC1CC2.C=CCc1nc(-c2cnccn2)ccc1C#CC1(O)CN2CCC1CC2.O=S(=O)(Cc1cnc(C#CC2(O)CN3CCC2CC3)c(Cc2ccccc2)c1)c1ccccc1. The maximum atomic E-state index is 12.9. The van der Waals surface area contributed by atoms with E-state index in [1.807, 2.05) is 140 Å². The fourth-order valence-corrected chi connectivity index (χ4v) is 22.1. The van der Waals surface area contributed by atoms with Crippen molar-refractivity contribution < 1.29 is 34.0 Å². The number of piperidine rings is 15. The average molecular weight is 1870 g/mol. The summed E-state index contributed by atoms with van der Waals surface area (Å²) in [6.45, 7) is 31.4. The van der Waals surface area contributed by atoms with Gasteiger partial charge in [0.25, 0.3) is 0 Å². The number of hydrogen-bond acceptors (Lipinski definition) is 22. The minimum Gasteiger partial charge on any atom is -0.376 e. The number of fused-ring (bicyclic) bond motifs is 15. The molecule has 5 atom stereocenters. The molecule has 5 N–H and O–H groups in total. The third-order valence-corrected chi connectivity index (χ3v) is 30.2. The minimum absolute atomic E-state index is 0.125. The van der Waals surface area contributed by atoms with Crippen molar-refractivity contribution in [3.05, 3.63) is 331 Å². The van der Waals surface area contributed by atoms with Crippen LogP contribution in [0.2, 0.25) is 0 Å². The highest BCUT2D eigenvalue weighted by atomic mass is 32.2. The predicted molar refractivity (Wildman–Crippen MR) is 544 cm³/mol. The van der Waals surface area contributed by atoms with E-state index in [1.54, 1.807) is 86.1 Å². The summed E-state index contributed by atoms with van der Waals surface area (Å²) in [7, 11) is -3.48. The summed E-state index contributed by atoms with van der Waals surface area (Å²) in [5.74, 6) is 33.1. The zero-order valence-electron chi connectivity index (χ0n) is 79.2. The lowest BCUT2D eigenvalue weighted by molar-refractivity contribution is -0.0714. The predicted octanol–water partition coefficient (Wildman–Crippen LogP) is 14.0. The van der Waals surface area contributed by atoms with Crippen LogP contribution >= 0.6 is 0 Å². The third-order valence-electron chi connectivity index (χ3n) is 28.5. The van der Waals surface area contributed by atoms with Gasteiger partial charge >= 0.3 is 0 Å². The molecule has 10 bridgehead atoms. The summed E-state index contributed by atoms with van der Waals surface area (Å²) in [5, 5.41) is 55.3. The van der Waals surface area contributed by atoms with E-state index in [-0.39, 0.29) is 29.4 Å². The van der Waals surface area contributed by atoms with Crippen LogP contribution in [0.15, 0.2) is 269 Å². The lowest BCUT2D eigenvalue weighted by Crippen LogP contribution is -2.58. The second-order valence-corrected chi connectivity index (χ2v) is 40.4. The van der Waals surface area contributed by atoms with Gasteiger partial charge in [-0.1, -0.05) is 169 Å². The van der Waals surface area contributed by atoms with Crippen molar-refractivity contribution in [3.63, 3.8) is 0 Å². The molecule has 23 heterocycles. The number of allylic oxidation sites excluding steroid dienone is 4. The van der Waals surface area contributed by atoms with Gasteiger partial charge in [-0.15, -0.1) is 19.7 Å². The maximum Gasteiger partial charge on any atom is 0.182 e. The normalized spacial score (nSPS) is 26.0. The van der Waals surface area contributed by atoms with E-state index >= 15 is 0 Å². The lowest BCUT2D eigenvalue weighted by atomic mass is 9.75. The second kappa shape index (κ2) is 44.4. The summed E-state index contributed by atoms with van der Waals surface area (Å²) in [5.41, 5.74) is 13.4. The molecule has 22 nitrogen and oxygen atoms in total. The third kappa shape index (κ3) is 24.3. The molecule has 15 aliphatic rings. The number of nitrogens with zero attached hydrogens (tertiary/aromatic N) is 15. The molecule has 15 fully saturated rings. The minimum atomic E-state index is -3.48. The van der Waals surface area contributed by atoms with E-state index in [0.29, 0.717) is 86.9 Å². The monoisotopic (exact) mass is 1870 g/mol. The van der Waals surface area contributed by atoms with Crippen molar-refractivity contribution in [2.24, 2.45) is 29.6 Å². The van der Waals surface area contributed by atoms with Crippen molar-refractivity contribution in [2.75, 3.05) is 98.2 Å². The standard InChI is InChI=1S/C28H28N2O3S.C23H24N2O.C22H24N4O.C22H23N3O.C21H22N4O/c31-28(21-30-15-12-25(28)13-16-30)14-11-27-24(17-22-7-3-1-4-8-22)18-23(19-29-27)20-34(32,33)26-9-5-2-6-10-26;1-2-6-21-19(9-10-22(24-21)18-7-4-3-5-8-18)11-14-23(26)17-25-15-12-20(23)13-16-25;1-16(2)13-20-17(3-4-19(25-20)21-14-23-9-10-24-21)5-8-22(27)15-26-11-6-18(22)7-12-26;1-2-4-20-17(6-7-21(24-20)18-5-3-12-23-15-18)8-11-22(26)16-25-13-9-19(22)10-14-25;1-2-3-18-16(4-5-19(24-18)20-14-22-10-11-23-20)6-9-21(26)15-25-12-7-17(21)8-13-25/h1-10,18-19,25,31H,12-13,15-17,20-21H2;2-5,7-10,20,26H,1,6,12-13,15-17H2;3-4,9-10,14,18,27H,1,6-7,11-13,15H2,2H3;2-3,5-7,12,15,19,26H,1,4,9-10,13-14,16H2;2,4-5,10-11,14,17,26H,1,3,7-8,12-13,15H2. The number of benzene rings is 3. The van der Waals surface area contributed by atoms with E-state index in [4.69, 9.17) is 19.9 Å². The highest BCUT2D eigenvalue weighted by Gasteiger charge is 2.49. The van der Waals surface area contributed by atoms with E-state index in [1.165, 1.54) is 0 Å². The van der Waals surface area contributed by atoms with Crippen molar-refractivity contribution in [1.29, 1.82) is 0 Å². The number of pyridine rings is 6. The molecule has 23 heteroatoms. The summed E-state index contributed by atoms with van der Waals surface area (Å²) < 4.78 is 25.8. The molecule has 139 heavy (non-hydrogen) atoms. The van der Waals surface area contributed by atoms with Crippen LogP contribution in [0.5, 0.6) is 0 Å². The molecule has 5 unspecified atom stereocenters. The van der Waals surface area contributed by atoms with Crippen LogP contribution in [-0.4, -0.2) is 234 Å². The first-order chi connectivity index (χ1) is 67.5. The van der Waals surface area contributed by atoms with Gasteiger partial charge in [-0.25, -0.2) is 23.4 Å². The second-order valence-electron chi connectivity index (χ2n) is 38.4. The number of aromatic nitrogens is 10. The van der Waals surface area contributed by atoms with Crippen LogP contribution < -0.4 is 0 Å². The molecule has 0 amide bonds. The molecule has 0 spiro atoms. The van der Waals surface area contributed by atoms with Gasteiger partial charge in [0, 0.05) is 171 Å². The first-order valence-electron chi connectivity index (χ1n) is 48.6. The van der Waals surface area contributed by atoms with Crippen molar-refractivity contribution in [2.45, 2.75) is 142 Å². The van der Waals surface area contributed by atoms with Crippen LogP contribution in [0.4, 0.5) is 0 Å². The van der Waals surface area contributed by atoms with Gasteiger partial charge in [-0.05, 0) is 232 Å². The van der Waals surface area contributed by atoms with Crippen molar-refractivity contribution >= 4 is 9.84 Å². The van der Waals surface area contributed by atoms with Gasteiger partial charge in [0.05, 0.1) is 68.6 Å². The Hall–Kier alpha value is -13.0. The molecular weight excluding hydrogens is 1750 g/mol. The molecule has 0 saturated carbocycles. The first-order valence-corrected chi connectivity index (χ1v) is 50.3. The van der Waals surface area contributed by atoms with Gasteiger partial charge in [0.2, 0.25) is 0 Å². The average Bonchev–Trinajstić information content (AvgIpc) is 0.789. The fourth-order valence-electron chi connectivity index (χ4n) is 20.8. The van der Waals surface area contributed by atoms with E-state index in [2.05, 4.69) is 152 Å². The van der Waals surface area contributed by atoms with E-state index < -0.39 is 37.8 Å². The highest BCUT2D eigenvalue weighted by molar-refractivity contribution is 7.90. The lowest BCUT2D eigenvalue weighted by Gasteiger charge is -2.47. The summed E-state index contributed by atoms with van der Waals surface area (Å²) in [6.07, 6.45) is 34.0. The van der Waals surface area contributed by atoms with Gasteiger partial charge in [0.15, 0.2) is 9.84 Å². The summed E-state index contributed by atoms with van der Waals surface area (Å²) >= 11 is 0. The van der Waals surface area contributed by atoms with Crippen LogP contribution in [0.1, 0.15) is 139 Å². The highest BCUT2D eigenvalue weighted by Crippen LogP contribution is 2.41. The topological polar surface area (TPSA) is 280 Å².